The molecule has 0 aliphatic carbocycles. The van der Waals surface area contributed by atoms with Crippen LogP contribution in [-0.4, -0.2) is 10.7 Å². The van der Waals surface area contributed by atoms with Crippen LogP contribution in [0, 0.1) is 0 Å². The van der Waals surface area contributed by atoms with Crippen molar-refractivity contribution >= 4 is 5.71 Å². The Hall–Kier alpha value is -1.44. The number of rotatable bonds is 4. The number of hydrogen-bond acceptors (Lipinski definition) is 2. The van der Waals surface area contributed by atoms with Crippen LogP contribution in [0.3, 0.4) is 0 Å². The van der Waals surface area contributed by atoms with Crippen LogP contribution in [0.2, 0.25) is 0 Å². The fourth-order valence-electron chi connectivity index (χ4n) is 1.35. The number of aromatic nitrogens is 1. The molecule has 1 heterocycles. The lowest BCUT2D eigenvalue weighted by molar-refractivity contribution is 0.886. The summed E-state index contributed by atoms with van der Waals surface area (Å²) in [6.45, 7) is 6.06. The van der Waals surface area contributed by atoms with E-state index in [0.717, 1.165) is 29.9 Å². The van der Waals surface area contributed by atoms with Gasteiger partial charge in [-0.05, 0) is 45.7 Å². The van der Waals surface area contributed by atoms with Crippen molar-refractivity contribution in [3.8, 4) is 0 Å². The molecule has 0 saturated heterocycles. The maximum Gasteiger partial charge on any atom is 0.0407 e. The molecule has 0 aliphatic heterocycles. The quantitative estimate of drug-likeness (QED) is 0.687. The van der Waals surface area contributed by atoms with Crippen LogP contribution >= 0.6 is 0 Å². The molecule has 15 heavy (non-hydrogen) atoms. The van der Waals surface area contributed by atoms with Gasteiger partial charge in [0, 0.05) is 23.3 Å². The van der Waals surface area contributed by atoms with Crippen molar-refractivity contribution in [1.29, 1.82) is 0 Å². The molecule has 0 radical (unpaired) electrons. The molecule has 0 N–H and O–H groups in total. The van der Waals surface area contributed by atoms with Gasteiger partial charge in [0.1, 0.15) is 0 Å². The summed E-state index contributed by atoms with van der Waals surface area (Å²) in [7, 11) is 0. The van der Waals surface area contributed by atoms with Crippen molar-refractivity contribution in [2.45, 2.75) is 33.6 Å². The molecule has 0 bridgehead atoms. The normalized spacial score (nSPS) is 11.3. The van der Waals surface area contributed by atoms with Gasteiger partial charge in [-0.15, -0.1) is 0 Å². The van der Waals surface area contributed by atoms with Gasteiger partial charge in [-0.2, -0.15) is 0 Å². The summed E-state index contributed by atoms with van der Waals surface area (Å²) in [5.41, 5.74) is 3.37. The monoisotopic (exact) mass is 202 g/mol. The third-order valence-electron chi connectivity index (χ3n) is 2.06. The second-order valence-corrected chi connectivity index (χ2v) is 3.66. The van der Waals surface area contributed by atoms with Gasteiger partial charge in [-0.25, -0.2) is 0 Å². The molecule has 0 fully saturated rings. The Morgan fingerprint density at radius 2 is 2.20 bits per heavy atom. The van der Waals surface area contributed by atoms with Gasteiger partial charge in [0.15, 0.2) is 0 Å². The van der Waals surface area contributed by atoms with Crippen molar-refractivity contribution in [3.05, 3.63) is 41.9 Å². The van der Waals surface area contributed by atoms with Gasteiger partial charge in [-0.1, -0.05) is 12.1 Å². The van der Waals surface area contributed by atoms with Gasteiger partial charge in [0.2, 0.25) is 0 Å². The summed E-state index contributed by atoms with van der Waals surface area (Å²) in [6.07, 6.45) is 5.81. The second-order valence-electron chi connectivity index (χ2n) is 3.66. The van der Waals surface area contributed by atoms with Gasteiger partial charge < -0.3 is 0 Å². The molecule has 2 heteroatoms. The molecular weight excluding hydrogens is 184 g/mol. The maximum atomic E-state index is 4.46. The van der Waals surface area contributed by atoms with Crippen LogP contribution in [0.25, 0.3) is 0 Å². The van der Waals surface area contributed by atoms with Gasteiger partial charge in [0.05, 0.1) is 0 Å². The van der Waals surface area contributed by atoms with Crippen LogP contribution in [0.1, 0.15) is 32.9 Å². The average Bonchev–Trinajstić information content (AvgIpc) is 2.25. The lowest BCUT2D eigenvalue weighted by Crippen LogP contribution is -1.92. The number of aryl methyl sites for hydroxylation is 1. The Morgan fingerprint density at radius 3 is 2.73 bits per heavy atom. The Bertz CT molecular complexity index is 346. The van der Waals surface area contributed by atoms with Crippen molar-refractivity contribution < 1.29 is 0 Å². The van der Waals surface area contributed by atoms with Crippen LogP contribution in [0.15, 0.2) is 41.2 Å². The molecule has 0 amide bonds. The summed E-state index contributed by atoms with van der Waals surface area (Å²) in [4.78, 5) is 8.75. The van der Waals surface area contributed by atoms with Crippen molar-refractivity contribution in [3.63, 3.8) is 0 Å². The molecular formula is C13H18N2. The Kier molecular flexibility index (Phi) is 4.75. The van der Waals surface area contributed by atoms with E-state index < -0.39 is 0 Å². The zero-order chi connectivity index (χ0) is 11.1. The van der Waals surface area contributed by atoms with Crippen LogP contribution in [0.5, 0.6) is 0 Å². The first kappa shape index (κ1) is 11.6. The minimum absolute atomic E-state index is 0.956. The first-order valence-electron chi connectivity index (χ1n) is 5.29. The zero-order valence-corrected chi connectivity index (χ0v) is 9.70. The highest BCUT2D eigenvalue weighted by molar-refractivity contribution is 5.80. The van der Waals surface area contributed by atoms with Gasteiger partial charge in [0.25, 0.3) is 0 Å². The molecule has 0 aliphatic rings. The van der Waals surface area contributed by atoms with Crippen molar-refractivity contribution in [1.82, 2.24) is 4.98 Å². The number of allylic oxidation sites excluding steroid dienone is 2. The van der Waals surface area contributed by atoms with E-state index in [1.54, 1.807) is 0 Å². The topological polar surface area (TPSA) is 25.2 Å². The molecule has 1 aromatic rings. The van der Waals surface area contributed by atoms with E-state index in [1.807, 2.05) is 39.1 Å². The minimum atomic E-state index is 0.956. The van der Waals surface area contributed by atoms with Gasteiger partial charge in [-0.3, -0.25) is 9.98 Å². The minimum Gasteiger partial charge on any atom is -0.263 e. The van der Waals surface area contributed by atoms with E-state index in [2.05, 4.69) is 22.1 Å². The van der Waals surface area contributed by atoms with E-state index in [4.69, 9.17) is 0 Å². The summed E-state index contributed by atoms with van der Waals surface area (Å²) in [6, 6.07) is 6.01. The van der Waals surface area contributed by atoms with E-state index in [-0.39, 0.29) is 0 Å². The largest absolute Gasteiger partial charge is 0.263 e. The van der Waals surface area contributed by atoms with Crippen LogP contribution in [0.4, 0.5) is 0 Å². The first-order chi connectivity index (χ1) is 7.22. The van der Waals surface area contributed by atoms with E-state index in [0.29, 0.717) is 0 Å². The van der Waals surface area contributed by atoms with Crippen LogP contribution < -0.4 is 0 Å². The third kappa shape index (κ3) is 4.54. The molecule has 0 unspecified atom stereocenters. The van der Waals surface area contributed by atoms with Gasteiger partial charge >= 0.3 is 0 Å². The summed E-state index contributed by atoms with van der Waals surface area (Å²) < 4.78 is 0. The number of hydrogen-bond donors (Lipinski definition) is 0. The summed E-state index contributed by atoms with van der Waals surface area (Å²) in [5.74, 6) is 0. The van der Waals surface area contributed by atoms with Crippen molar-refractivity contribution in [2.75, 3.05) is 0 Å². The van der Waals surface area contributed by atoms with Crippen molar-refractivity contribution in [2.24, 2.45) is 4.99 Å². The Morgan fingerprint density at radius 1 is 1.40 bits per heavy atom. The molecule has 80 valence electrons. The summed E-state index contributed by atoms with van der Waals surface area (Å²) >= 11 is 0. The lowest BCUT2D eigenvalue weighted by Gasteiger charge is -2.02. The molecule has 0 aromatic carbocycles. The predicted octanol–water partition coefficient (Wildman–Crippen LogP) is 3.40. The van der Waals surface area contributed by atoms with E-state index in [1.165, 1.54) is 0 Å². The summed E-state index contributed by atoms with van der Waals surface area (Å²) in [5, 5.41) is 0. The molecule has 1 rings (SSSR count). The number of nitrogens with zero attached hydrogens (tertiary/aromatic N) is 2. The average molecular weight is 202 g/mol. The smallest absolute Gasteiger partial charge is 0.0407 e. The fourth-order valence-corrected chi connectivity index (χ4v) is 1.35. The SMILES string of the molecule is C/C=C(/CCc1ccccn1)N=C(C)C. The number of aliphatic imine (C=N–C) groups is 1. The molecule has 2 nitrogen and oxygen atoms in total. The maximum absolute atomic E-state index is 4.46. The Balaban J connectivity index is 2.53. The first-order valence-corrected chi connectivity index (χ1v) is 5.29. The van der Waals surface area contributed by atoms with E-state index in [9.17, 15) is 0 Å². The lowest BCUT2D eigenvalue weighted by atomic mass is 10.2. The van der Waals surface area contributed by atoms with E-state index >= 15 is 0 Å². The highest BCUT2D eigenvalue weighted by atomic mass is 14.7. The molecule has 0 saturated carbocycles. The number of pyridine rings is 1. The molecule has 0 atom stereocenters. The highest BCUT2D eigenvalue weighted by Gasteiger charge is 1.97. The molecule has 1 aromatic heterocycles. The zero-order valence-electron chi connectivity index (χ0n) is 9.70. The Labute approximate surface area is 91.8 Å². The second kappa shape index (κ2) is 6.12. The van der Waals surface area contributed by atoms with Crippen LogP contribution in [-0.2, 0) is 6.42 Å². The molecule has 0 spiro atoms. The predicted molar refractivity (Wildman–Crippen MR) is 65.1 cm³/mol. The standard InChI is InChI=1S/C13H18N2/c1-4-12(15-11(2)3)8-9-13-7-5-6-10-14-13/h4-7,10H,8-9H2,1-3H3/b12-4-. The third-order valence-corrected chi connectivity index (χ3v) is 2.06. The highest BCUT2D eigenvalue weighted by Crippen LogP contribution is 2.08. The fraction of sp³-hybridized carbons (Fsp3) is 0.385.